The van der Waals surface area contributed by atoms with Crippen LogP contribution in [0.4, 0.5) is 0 Å². The molecule has 30 heavy (non-hydrogen) atoms. The van der Waals surface area contributed by atoms with Crippen LogP contribution in [0.25, 0.3) is 5.69 Å². The number of hydrogen-bond acceptors (Lipinski definition) is 3. The van der Waals surface area contributed by atoms with Gasteiger partial charge in [0.2, 0.25) is 0 Å². The van der Waals surface area contributed by atoms with E-state index in [4.69, 9.17) is 12.2 Å². The van der Waals surface area contributed by atoms with Gasteiger partial charge in [0.25, 0.3) is 5.91 Å². The van der Waals surface area contributed by atoms with Crippen LogP contribution in [0, 0.1) is 4.77 Å². The summed E-state index contributed by atoms with van der Waals surface area (Å²) in [4.78, 5) is 15.1. The number of benzene rings is 2. The molecule has 1 atom stereocenters. The maximum absolute atomic E-state index is 13.2. The Labute approximate surface area is 182 Å². The molecule has 4 rings (SSSR count). The fraction of sp³-hybridized carbons (Fsp3) is 0.375. The summed E-state index contributed by atoms with van der Waals surface area (Å²) in [6.45, 7) is 7.95. The summed E-state index contributed by atoms with van der Waals surface area (Å²) in [6.07, 6.45) is 1.93. The molecule has 0 saturated carbocycles. The molecule has 1 aromatic heterocycles. The number of aromatic nitrogens is 3. The molecule has 156 valence electrons. The van der Waals surface area contributed by atoms with Gasteiger partial charge in [-0.1, -0.05) is 51.1 Å². The first kappa shape index (κ1) is 20.5. The smallest absolute Gasteiger partial charge is 0.253 e. The summed E-state index contributed by atoms with van der Waals surface area (Å²) in [5, 5.41) is 7.47. The lowest BCUT2D eigenvalue weighted by Gasteiger charge is -2.32. The molecular weight excluding hydrogens is 392 g/mol. The van der Waals surface area contributed by atoms with Gasteiger partial charge in [0, 0.05) is 30.3 Å². The van der Waals surface area contributed by atoms with E-state index in [0.29, 0.717) is 11.3 Å². The lowest BCUT2D eigenvalue weighted by atomic mass is 9.86. The Morgan fingerprint density at radius 3 is 2.47 bits per heavy atom. The van der Waals surface area contributed by atoms with Crippen LogP contribution in [0.3, 0.4) is 0 Å². The molecule has 5 nitrogen and oxygen atoms in total. The van der Waals surface area contributed by atoms with Crippen LogP contribution in [-0.4, -0.2) is 38.7 Å². The van der Waals surface area contributed by atoms with Gasteiger partial charge in [-0.25, -0.2) is 0 Å². The van der Waals surface area contributed by atoms with Gasteiger partial charge in [-0.15, -0.1) is 0 Å². The van der Waals surface area contributed by atoms with E-state index < -0.39 is 0 Å². The minimum atomic E-state index is 0.0741. The van der Waals surface area contributed by atoms with Crippen LogP contribution in [0.1, 0.15) is 61.3 Å². The van der Waals surface area contributed by atoms with Gasteiger partial charge in [-0.05, 0) is 60.3 Å². The topological polar surface area (TPSA) is 53.9 Å². The van der Waals surface area contributed by atoms with E-state index in [1.807, 2.05) is 51.9 Å². The van der Waals surface area contributed by atoms with Crippen LogP contribution < -0.4 is 0 Å². The van der Waals surface area contributed by atoms with Crippen molar-refractivity contribution in [2.75, 3.05) is 13.1 Å². The molecule has 2 heterocycles. The maximum Gasteiger partial charge on any atom is 0.253 e. The van der Waals surface area contributed by atoms with Crippen molar-refractivity contribution in [1.82, 2.24) is 19.7 Å². The molecule has 0 radical (unpaired) electrons. The van der Waals surface area contributed by atoms with E-state index in [9.17, 15) is 4.79 Å². The molecule has 1 amide bonds. The first-order chi connectivity index (χ1) is 14.3. The molecule has 2 aromatic carbocycles. The third-order valence-corrected chi connectivity index (χ3v) is 6.06. The van der Waals surface area contributed by atoms with Crippen LogP contribution in [0.15, 0.2) is 54.6 Å². The average molecular weight is 421 g/mol. The number of piperidine rings is 1. The van der Waals surface area contributed by atoms with E-state index in [1.54, 1.807) is 0 Å². The summed E-state index contributed by atoms with van der Waals surface area (Å²) >= 11 is 5.49. The van der Waals surface area contributed by atoms with Gasteiger partial charge >= 0.3 is 0 Å². The van der Waals surface area contributed by atoms with Crippen molar-refractivity contribution < 1.29 is 4.79 Å². The van der Waals surface area contributed by atoms with E-state index in [1.165, 1.54) is 5.56 Å². The van der Waals surface area contributed by atoms with Gasteiger partial charge < -0.3 is 4.90 Å². The highest BCUT2D eigenvalue weighted by Crippen LogP contribution is 2.29. The molecule has 3 aromatic rings. The molecule has 0 aliphatic carbocycles. The highest BCUT2D eigenvalue weighted by molar-refractivity contribution is 7.71. The normalized spacial score (nSPS) is 17.2. The molecule has 1 saturated heterocycles. The van der Waals surface area contributed by atoms with Crippen molar-refractivity contribution in [1.29, 1.82) is 0 Å². The molecule has 1 fully saturated rings. The monoisotopic (exact) mass is 420 g/mol. The number of carbonyl (C=O) groups is 1. The Morgan fingerprint density at radius 1 is 1.10 bits per heavy atom. The molecular formula is C24H28N4OS. The highest BCUT2D eigenvalue weighted by atomic mass is 32.1. The van der Waals surface area contributed by atoms with Crippen molar-refractivity contribution in [2.45, 2.75) is 44.9 Å². The second-order valence-electron chi connectivity index (χ2n) is 8.98. The molecule has 0 unspecified atom stereocenters. The minimum Gasteiger partial charge on any atom is -0.338 e. The van der Waals surface area contributed by atoms with Crippen LogP contribution >= 0.6 is 12.2 Å². The number of nitrogens with one attached hydrogen (secondary N) is 1. The lowest BCUT2D eigenvalue weighted by Crippen LogP contribution is -2.39. The minimum absolute atomic E-state index is 0.0741. The standard InChI is InChI=1S/C24H28N4OS/c1-24(2,3)19-13-11-17(12-14-19)22(29)27-15-7-8-18(16-27)21-25-26-23(30)28(21)20-9-5-4-6-10-20/h4-6,9-14,18H,7-8,15-16H2,1-3H3,(H,26,30)/t18-/m0/s1. The molecule has 1 N–H and O–H groups in total. The van der Waals surface area contributed by atoms with Crippen LogP contribution in [0.5, 0.6) is 0 Å². The van der Waals surface area contributed by atoms with E-state index in [0.717, 1.165) is 36.5 Å². The number of aromatic amines is 1. The number of amides is 1. The van der Waals surface area contributed by atoms with Crippen LogP contribution in [-0.2, 0) is 5.41 Å². The largest absolute Gasteiger partial charge is 0.338 e. The zero-order valence-corrected chi connectivity index (χ0v) is 18.6. The predicted octanol–water partition coefficient (Wildman–Crippen LogP) is 5.25. The fourth-order valence-corrected chi connectivity index (χ4v) is 4.32. The molecule has 0 bridgehead atoms. The Bertz CT molecular complexity index is 1080. The number of hydrogen-bond donors (Lipinski definition) is 1. The van der Waals surface area contributed by atoms with Crippen molar-refractivity contribution >= 4 is 18.1 Å². The second-order valence-corrected chi connectivity index (χ2v) is 9.36. The molecule has 6 heteroatoms. The van der Waals surface area contributed by atoms with E-state index >= 15 is 0 Å². The maximum atomic E-state index is 13.2. The Kier molecular flexibility index (Phi) is 5.60. The van der Waals surface area contributed by atoms with Crippen LogP contribution in [0.2, 0.25) is 0 Å². The third kappa shape index (κ3) is 4.10. The Morgan fingerprint density at radius 2 is 1.80 bits per heavy atom. The van der Waals surface area contributed by atoms with Crippen molar-refractivity contribution in [3.8, 4) is 5.69 Å². The van der Waals surface area contributed by atoms with Gasteiger partial charge in [-0.2, -0.15) is 5.10 Å². The Hall–Kier alpha value is -2.73. The van der Waals surface area contributed by atoms with Crippen molar-refractivity contribution in [3.63, 3.8) is 0 Å². The third-order valence-electron chi connectivity index (χ3n) is 5.78. The fourth-order valence-electron chi connectivity index (χ4n) is 4.08. The Balaban J connectivity index is 1.56. The number of nitrogens with zero attached hydrogens (tertiary/aromatic N) is 3. The summed E-state index contributed by atoms with van der Waals surface area (Å²) in [5.74, 6) is 1.12. The second kappa shape index (κ2) is 8.19. The number of likely N-dealkylation sites (tertiary alicyclic amines) is 1. The summed E-state index contributed by atoms with van der Waals surface area (Å²) in [6, 6.07) is 18.1. The molecule has 1 aliphatic heterocycles. The predicted molar refractivity (Wildman–Crippen MR) is 122 cm³/mol. The summed E-state index contributed by atoms with van der Waals surface area (Å²) in [5.41, 5.74) is 3.04. The van der Waals surface area contributed by atoms with Gasteiger partial charge in [0.1, 0.15) is 5.82 Å². The highest BCUT2D eigenvalue weighted by Gasteiger charge is 2.29. The quantitative estimate of drug-likeness (QED) is 0.589. The number of carbonyl (C=O) groups excluding carboxylic acids is 1. The van der Waals surface area contributed by atoms with Crippen molar-refractivity contribution in [3.05, 3.63) is 76.3 Å². The van der Waals surface area contributed by atoms with E-state index in [-0.39, 0.29) is 17.2 Å². The SMILES string of the molecule is CC(C)(C)c1ccc(C(=O)N2CCC[C@H](c3n[nH]c(=S)n3-c3ccccc3)C2)cc1. The van der Waals surface area contributed by atoms with Gasteiger partial charge in [0.05, 0.1) is 0 Å². The molecule has 0 spiro atoms. The number of H-pyrrole nitrogens is 1. The summed E-state index contributed by atoms with van der Waals surface area (Å²) in [7, 11) is 0. The molecule has 1 aliphatic rings. The zero-order chi connectivity index (χ0) is 21.3. The average Bonchev–Trinajstić information content (AvgIpc) is 3.15. The first-order valence-corrected chi connectivity index (χ1v) is 10.9. The number of para-hydroxylation sites is 1. The number of rotatable bonds is 3. The van der Waals surface area contributed by atoms with Crippen molar-refractivity contribution in [2.24, 2.45) is 0 Å². The van der Waals surface area contributed by atoms with Gasteiger partial charge in [0.15, 0.2) is 4.77 Å². The lowest BCUT2D eigenvalue weighted by molar-refractivity contribution is 0.0704. The van der Waals surface area contributed by atoms with E-state index in [2.05, 4.69) is 43.1 Å². The zero-order valence-electron chi connectivity index (χ0n) is 17.8. The van der Waals surface area contributed by atoms with Gasteiger partial charge in [-0.3, -0.25) is 14.5 Å². The first-order valence-electron chi connectivity index (χ1n) is 10.5. The summed E-state index contributed by atoms with van der Waals surface area (Å²) < 4.78 is 2.57.